The van der Waals surface area contributed by atoms with E-state index in [0.29, 0.717) is 23.5 Å². The fourth-order valence-electron chi connectivity index (χ4n) is 3.33. The van der Waals surface area contributed by atoms with Gasteiger partial charge in [0, 0.05) is 12.7 Å². The molecule has 0 unspecified atom stereocenters. The standard InChI is InChI=1S/C19H17N5O4S/c25-16-12-4-3-9-20-18(12)24(21-10-11-7-8-11)19(26)15(16)17-22-13-5-1-2-6-14(13)29(27,28)23-17/h1-6,9,11,21,25H,7-8,10H2,(H,22,23). The van der Waals surface area contributed by atoms with E-state index in [2.05, 4.69) is 20.1 Å². The average molecular weight is 411 g/mol. The summed E-state index contributed by atoms with van der Waals surface area (Å²) in [7, 11) is -4.02. The van der Waals surface area contributed by atoms with E-state index in [9.17, 15) is 18.3 Å². The van der Waals surface area contributed by atoms with Gasteiger partial charge in [0.2, 0.25) is 0 Å². The van der Waals surface area contributed by atoms with Crippen LogP contribution in [-0.2, 0) is 10.0 Å². The molecule has 0 bridgehead atoms. The summed E-state index contributed by atoms with van der Waals surface area (Å²) >= 11 is 0. The molecule has 0 radical (unpaired) electrons. The van der Waals surface area contributed by atoms with Gasteiger partial charge in [-0.2, -0.15) is 8.42 Å². The normalized spacial score (nSPS) is 17.3. The lowest BCUT2D eigenvalue weighted by Crippen LogP contribution is -2.37. The van der Waals surface area contributed by atoms with Gasteiger partial charge in [-0.15, -0.1) is 4.40 Å². The second kappa shape index (κ2) is 6.31. The second-order valence-electron chi connectivity index (χ2n) is 7.08. The van der Waals surface area contributed by atoms with Crippen molar-refractivity contribution >= 4 is 32.6 Å². The van der Waals surface area contributed by atoms with E-state index >= 15 is 0 Å². The molecule has 1 aliphatic carbocycles. The highest BCUT2D eigenvalue weighted by Crippen LogP contribution is 2.32. The van der Waals surface area contributed by atoms with Crippen LogP contribution in [-0.4, -0.2) is 35.6 Å². The molecule has 5 rings (SSSR count). The highest BCUT2D eigenvalue weighted by molar-refractivity contribution is 7.90. The molecule has 1 saturated carbocycles. The van der Waals surface area contributed by atoms with Gasteiger partial charge in [0.05, 0.1) is 11.1 Å². The predicted molar refractivity (Wildman–Crippen MR) is 108 cm³/mol. The second-order valence-corrected chi connectivity index (χ2v) is 8.65. The molecule has 9 nitrogen and oxygen atoms in total. The highest BCUT2D eigenvalue weighted by atomic mass is 32.2. The number of sulfonamides is 1. The van der Waals surface area contributed by atoms with Gasteiger partial charge < -0.3 is 15.8 Å². The number of amidine groups is 1. The number of hydrogen-bond acceptors (Lipinski definition) is 7. The third kappa shape index (κ3) is 2.92. The van der Waals surface area contributed by atoms with E-state index in [1.54, 1.807) is 30.3 Å². The van der Waals surface area contributed by atoms with Gasteiger partial charge in [-0.25, -0.2) is 9.66 Å². The molecule has 0 spiro atoms. The molecule has 1 aliphatic heterocycles. The van der Waals surface area contributed by atoms with Crippen LogP contribution in [0.3, 0.4) is 0 Å². The minimum Gasteiger partial charge on any atom is -0.506 e. The van der Waals surface area contributed by atoms with Crippen LogP contribution < -0.4 is 16.3 Å². The quantitative estimate of drug-likeness (QED) is 0.595. The zero-order chi connectivity index (χ0) is 20.2. The van der Waals surface area contributed by atoms with Crippen LogP contribution in [0.2, 0.25) is 0 Å². The van der Waals surface area contributed by atoms with Gasteiger partial charge >= 0.3 is 0 Å². The molecule has 0 saturated heterocycles. The number of rotatable bonds is 4. The Morgan fingerprint density at radius 2 is 2.00 bits per heavy atom. The Balaban J connectivity index is 1.73. The monoisotopic (exact) mass is 411 g/mol. The van der Waals surface area contributed by atoms with E-state index in [0.717, 1.165) is 12.8 Å². The SMILES string of the molecule is O=c1c(C2=NS(=O)(=O)c3ccccc3N2)c(O)c2cccnc2n1NCC1CC1. The molecule has 2 aromatic heterocycles. The summed E-state index contributed by atoms with van der Waals surface area (Å²) in [5.74, 6) is -0.113. The van der Waals surface area contributed by atoms with Crippen molar-refractivity contribution < 1.29 is 13.5 Å². The number of pyridine rings is 2. The minimum absolute atomic E-state index is 0.0119. The third-order valence-corrected chi connectivity index (χ3v) is 6.34. The Hall–Kier alpha value is -3.40. The summed E-state index contributed by atoms with van der Waals surface area (Å²) in [5, 5.41) is 14.0. The molecule has 3 N–H and O–H groups in total. The van der Waals surface area contributed by atoms with E-state index < -0.39 is 15.6 Å². The maximum Gasteiger partial charge on any atom is 0.286 e. The molecular weight excluding hydrogens is 394 g/mol. The molecule has 3 heterocycles. The first kappa shape index (κ1) is 17.7. The molecule has 0 amide bonds. The van der Waals surface area contributed by atoms with Gasteiger partial charge in [-0.1, -0.05) is 12.1 Å². The van der Waals surface area contributed by atoms with Crippen molar-refractivity contribution in [1.29, 1.82) is 0 Å². The van der Waals surface area contributed by atoms with Crippen LogP contribution in [0.4, 0.5) is 5.69 Å². The Labute approximate surface area is 165 Å². The topological polar surface area (TPSA) is 126 Å². The van der Waals surface area contributed by atoms with Crippen LogP contribution in [0.5, 0.6) is 5.75 Å². The molecular formula is C19H17N5O4S. The summed E-state index contributed by atoms with van der Waals surface area (Å²) in [6, 6.07) is 9.50. The van der Waals surface area contributed by atoms with Gasteiger partial charge in [-0.3, -0.25) is 4.79 Å². The first-order valence-corrected chi connectivity index (χ1v) is 10.6. The zero-order valence-electron chi connectivity index (χ0n) is 15.2. The van der Waals surface area contributed by atoms with Crippen molar-refractivity contribution in [2.24, 2.45) is 10.3 Å². The largest absolute Gasteiger partial charge is 0.506 e. The molecule has 2 aliphatic rings. The van der Waals surface area contributed by atoms with E-state index in [1.165, 1.54) is 16.9 Å². The van der Waals surface area contributed by atoms with Crippen LogP contribution >= 0.6 is 0 Å². The molecule has 29 heavy (non-hydrogen) atoms. The molecule has 148 valence electrons. The number of aromatic hydroxyl groups is 1. The van der Waals surface area contributed by atoms with E-state index in [1.807, 2.05) is 0 Å². The first-order valence-electron chi connectivity index (χ1n) is 9.13. The predicted octanol–water partition coefficient (Wildman–Crippen LogP) is 1.62. The van der Waals surface area contributed by atoms with Crippen molar-refractivity contribution in [2.75, 3.05) is 17.3 Å². The summed E-state index contributed by atoms with van der Waals surface area (Å²) in [5.41, 5.74) is 2.76. The molecule has 0 atom stereocenters. The maximum atomic E-state index is 13.2. The fraction of sp³-hybridized carbons (Fsp3) is 0.211. The Kier molecular flexibility index (Phi) is 3.85. The van der Waals surface area contributed by atoms with Crippen molar-refractivity contribution in [3.63, 3.8) is 0 Å². The van der Waals surface area contributed by atoms with Gasteiger partial charge in [0.15, 0.2) is 11.5 Å². The van der Waals surface area contributed by atoms with Gasteiger partial charge in [-0.05, 0) is 43.0 Å². The number of para-hydroxylation sites is 1. The Morgan fingerprint density at radius 3 is 2.79 bits per heavy atom. The molecule has 1 fully saturated rings. The number of nitrogens with one attached hydrogen (secondary N) is 2. The lowest BCUT2D eigenvalue weighted by molar-refractivity contribution is 0.478. The third-order valence-electron chi connectivity index (χ3n) is 5.01. The molecule has 3 aromatic rings. The maximum absolute atomic E-state index is 13.2. The minimum atomic E-state index is -4.02. The number of fused-ring (bicyclic) bond motifs is 2. The number of hydrogen-bond donors (Lipinski definition) is 3. The number of aromatic nitrogens is 2. The Morgan fingerprint density at radius 1 is 1.21 bits per heavy atom. The number of anilines is 1. The average Bonchev–Trinajstić information content (AvgIpc) is 3.52. The first-order chi connectivity index (χ1) is 14.0. The summed E-state index contributed by atoms with van der Waals surface area (Å²) in [6.45, 7) is 0.580. The van der Waals surface area contributed by atoms with Gasteiger partial charge in [0.1, 0.15) is 16.2 Å². The molecule has 10 heteroatoms. The molecule has 1 aromatic carbocycles. The zero-order valence-corrected chi connectivity index (χ0v) is 16.0. The van der Waals surface area contributed by atoms with Crippen molar-refractivity contribution in [3.05, 3.63) is 58.5 Å². The van der Waals surface area contributed by atoms with Crippen LogP contribution in [0, 0.1) is 5.92 Å². The van der Waals surface area contributed by atoms with E-state index in [-0.39, 0.29) is 27.7 Å². The van der Waals surface area contributed by atoms with Gasteiger partial charge in [0.25, 0.3) is 15.6 Å². The summed E-state index contributed by atoms with van der Waals surface area (Å²) in [4.78, 5) is 17.5. The van der Waals surface area contributed by atoms with Crippen molar-refractivity contribution in [2.45, 2.75) is 17.7 Å². The smallest absolute Gasteiger partial charge is 0.286 e. The lowest BCUT2D eigenvalue weighted by atomic mass is 10.1. The van der Waals surface area contributed by atoms with E-state index in [4.69, 9.17) is 0 Å². The van der Waals surface area contributed by atoms with Crippen LogP contribution in [0.1, 0.15) is 18.4 Å². The van der Waals surface area contributed by atoms with Crippen molar-refractivity contribution in [1.82, 2.24) is 9.66 Å². The van der Waals surface area contributed by atoms with Crippen LogP contribution in [0.25, 0.3) is 11.0 Å². The highest BCUT2D eigenvalue weighted by Gasteiger charge is 2.30. The Bertz CT molecular complexity index is 1340. The fourth-order valence-corrected chi connectivity index (χ4v) is 4.45. The number of benzene rings is 1. The summed E-state index contributed by atoms with van der Waals surface area (Å²) in [6.07, 6.45) is 3.69. The summed E-state index contributed by atoms with van der Waals surface area (Å²) < 4.78 is 30.2. The number of nitrogens with zero attached hydrogens (tertiary/aromatic N) is 3. The lowest BCUT2D eigenvalue weighted by Gasteiger charge is -2.20. The van der Waals surface area contributed by atoms with Crippen LogP contribution in [0.15, 0.2) is 56.7 Å². The van der Waals surface area contributed by atoms with Crippen molar-refractivity contribution in [3.8, 4) is 5.75 Å².